The predicted molar refractivity (Wildman–Crippen MR) is 120 cm³/mol. The second-order valence-corrected chi connectivity index (χ2v) is 16.7. The van der Waals surface area contributed by atoms with Crippen LogP contribution in [0.4, 0.5) is 0 Å². The first-order chi connectivity index (χ1) is 13.3. The number of rotatable bonds is 1. The number of hydrogen-bond donors (Lipinski definition) is 0. The van der Waals surface area contributed by atoms with Crippen molar-refractivity contribution in [3.05, 3.63) is 83.7 Å². The van der Waals surface area contributed by atoms with Crippen molar-refractivity contribution in [1.29, 1.82) is 0 Å². The third-order valence-electron chi connectivity index (χ3n) is 4.89. The van der Waals surface area contributed by atoms with E-state index in [0.717, 1.165) is 0 Å². The average molecular weight is 534 g/mol. The average Bonchev–Trinajstić information content (AvgIpc) is 3.20. The van der Waals surface area contributed by atoms with E-state index in [-0.39, 0.29) is 30.2 Å². The molecule has 0 radical (unpaired) electrons. The van der Waals surface area contributed by atoms with Crippen molar-refractivity contribution in [3.8, 4) is 11.1 Å². The molecule has 1 aromatic heterocycles. The maximum Gasteiger partial charge on any atom is 0.0267 e. The minimum Gasteiger partial charge on any atom is -1.00 e. The van der Waals surface area contributed by atoms with Gasteiger partial charge in [0.1, 0.15) is 0 Å². The Morgan fingerprint density at radius 1 is 1.03 bits per heavy atom. The van der Waals surface area contributed by atoms with E-state index in [4.69, 9.17) is 0 Å². The fraction of sp³-hybridized carbons (Fsp3) is 0.280. The Labute approximate surface area is 209 Å². The van der Waals surface area contributed by atoms with Crippen molar-refractivity contribution in [2.75, 3.05) is 0 Å². The van der Waals surface area contributed by atoms with Crippen LogP contribution in [-0.4, -0.2) is 10.4 Å². The summed E-state index contributed by atoms with van der Waals surface area (Å²) in [6.07, 6.45) is 7.06. The van der Waals surface area contributed by atoms with Crippen LogP contribution in [-0.2, 0) is 23.3 Å². The number of nitrogens with zero attached hydrogens (tertiary/aromatic N) is 1. The molecule has 1 unspecified atom stereocenters. The molecular weight excluding hydrogens is 504 g/mol. The Morgan fingerprint density at radius 3 is 2.13 bits per heavy atom. The monoisotopic (exact) mass is 531 g/mol. The number of benzene rings is 1. The number of halogens is 2. The molecule has 30 heavy (non-hydrogen) atoms. The molecule has 1 aliphatic carbocycles. The van der Waals surface area contributed by atoms with Crippen LogP contribution in [0.5, 0.6) is 0 Å². The van der Waals surface area contributed by atoms with Crippen LogP contribution in [0.3, 0.4) is 0 Å². The molecule has 3 aromatic rings. The van der Waals surface area contributed by atoms with Crippen LogP contribution >= 0.6 is 0 Å². The SMILES string of the molecule is CC1=[C-]C(C)C(C)=C1C.C[Si](C)=[Zr+2].[Cl-].[Cl-].c1cncc(-c2c[cH-]c3ccccc23)c1. The molecule has 0 amide bonds. The van der Waals surface area contributed by atoms with Gasteiger partial charge >= 0.3 is 41.9 Å². The van der Waals surface area contributed by atoms with Gasteiger partial charge in [0.15, 0.2) is 0 Å². The molecule has 1 aliphatic rings. The summed E-state index contributed by atoms with van der Waals surface area (Å²) < 4.78 is 0. The predicted octanol–water partition coefficient (Wildman–Crippen LogP) is 1.13. The molecule has 0 aliphatic heterocycles. The van der Waals surface area contributed by atoms with Gasteiger partial charge in [-0.25, -0.2) is 5.57 Å². The fourth-order valence-electron chi connectivity index (χ4n) is 3.09. The molecule has 0 fully saturated rings. The molecule has 1 heterocycles. The Hall–Kier alpha value is -0.860. The minimum absolute atomic E-state index is 0. The standard InChI is InChI=1S/C14H10N.C9H13.C2H6Si.2ClH.Zr/c1-2-6-13-11(4-1)7-8-14(13)12-5-3-9-15-10-12;1-6-5-7(2)9(4)8(6)3;1-3-2;;;/h1-10H;6H,1-4H3;1-2H3;2*1H;/q2*-1;;;;+2/p-2. The van der Waals surface area contributed by atoms with Crippen LogP contribution in [0.25, 0.3) is 21.9 Å². The van der Waals surface area contributed by atoms with Crippen molar-refractivity contribution >= 4 is 16.2 Å². The van der Waals surface area contributed by atoms with Gasteiger partial charge in [-0.1, -0.05) is 38.8 Å². The Bertz CT molecular complexity index is 1000. The molecule has 4 rings (SSSR count). The molecule has 0 spiro atoms. The van der Waals surface area contributed by atoms with E-state index in [0.29, 0.717) is 5.92 Å². The van der Waals surface area contributed by atoms with Gasteiger partial charge in [-0.3, -0.25) is 11.1 Å². The van der Waals surface area contributed by atoms with Crippen molar-refractivity contribution in [2.24, 2.45) is 5.92 Å². The largest absolute Gasteiger partial charge is 1.00 e. The molecule has 1 nitrogen and oxygen atoms in total. The Kier molecular flexibility index (Phi) is 13.8. The Morgan fingerprint density at radius 2 is 1.67 bits per heavy atom. The third kappa shape index (κ3) is 8.35. The molecule has 0 N–H and O–H groups in total. The molecule has 0 saturated carbocycles. The van der Waals surface area contributed by atoms with Gasteiger partial charge in [0.05, 0.1) is 0 Å². The number of hydrogen-bond acceptors (Lipinski definition) is 1. The molecule has 158 valence electrons. The molecule has 0 saturated heterocycles. The first-order valence-electron chi connectivity index (χ1n) is 9.65. The number of allylic oxidation sites excluding steroid dienone is 4. The van der Waals surface area contributed by atoms with Gasteiger partial charge in [-0.2, -0.15) is 11.1 Å². The fourth-order valence-corrected chi connectivity index (χ4v) is 3.09. The first kappa shape index (κ1) is 29.1. The zero-order chi connectivity index (χ0) is 20.7. The topological polar surface area (TPSA) is 12.9 Å². The van der Waals surface area contributed by atoms with Gasteiger partial charge in [-0.05, 0) is 11.6 Å². The van der Waals surface area contributed by atoms with E-state index >= 15 is 0 Å². The van der Waals surface area contributed by atoms with Crippen LogP contribution in [0.1, 0.15) is 27.7 Å². The van der Waals surface area contributed by atoms with Gasteiger partial charge in [-0.15, -0.1) is 53.6 Å². The summed E-state index contributed by atoms with van der Waals surface area (Å²) >= 11 is 1.74. The molecule has 5 heteroatoms. The van der Waals surface area contributed by atoms with Crippen molar-refractivity contribution in [2.45, 2.75) is 40.8 Å². The van der Waals surface area contributed by atoms with Crippen LogP contribution < -0.4 is 24.8 Å². The van der Waals surface area contributed by atoms with E-state index in [9.17, 15) is 0 Å². The summed E-state index contributed by atoms with van der Waals surface area (Å²) in [5, 5.41) is 2.59. The van der Waals surface area contributed by atoms with Gasteiger partial charge in [0.25, 0.3) is 0 Å². The number of aromatic nitrogens is 1. The number of fused-ring (bicyclic) bond motifs is 1. The summed E-state index contributed by atoms with van der Waals surface area (Å²) in [7, 11) is 0. The second-order valence-electron chi connectivity index (χ2n) is 7.37. The number of pyridine rings is 1. The quantitative estimate of drug-likeness (QED) is 0.338. The van der Waals surface area contributed by atoms with Gasteiger partial charge in [0, 0.05) is 12.4 Å². The van der Waals surface area contributed by atoms with E-state index in [1.807, 2.05) is 12.3 Å². The van der Waals surface area contributed by atoms with Crippen LogP contribution in [0.2, 0.25) is 13.1 Å². The molecule has 2 aromatic carbocycles. The smallest absolute Gasteiger partial charge is 0.0267 e. The van der Waals surface area contributed by atoms with E-state index in [1.165, 1.54) is 38.6 Å². The van der Waals surface area contributed by atoms with Crippen molar-refractivity contribution in [1.82, 2.24) is 4.98 Å². The summed E-state index contributed by atoms with van der Waals surface area (Å²) in [5.41, 5.74) is 6.90. The maximum atomic E-state index is 4.15. The summed E-state index contributed by atoms with van der Waals surface area (Å²) in [5.74, 6) is 0.560. The third-order valence-corrected chi connectivity index (χ3v) is 4.89. The molecular formula is C25H29Cl2NSiZr-2. The maximum absolute atomic E-state index is 4.15. The first-order valence-corrected chi connectivity index (χ1v) is 15.8. The van der Waals surface area contributed by atoms with Crippen molar-refractivity contribution in [3.63, 3.8) is 0 Å². The normalized spacial score (nSPS) is 14.4. The van der Waals surface area contributed by atoms with E-state index in [2.05, 4.69) is 94.3 Å². The van der Waals surface area contributed by atoms with Crippen molar-refractivity contribution < 1.29 is 48.1 Å². The Balaban J connectivity index is 0.000000486. The minimum atomic E-state index is 0. The van der Waals surface area contributed by atoms with Crippen LogP contribution in [0.15, 0.2) is 77.6 Å². The van der Waals surface area contributed by atoms with Gasteiger partial charge < -0.3 is 24.8 Å². The second kappa shape index (κ2) is 14.2. The zero-order valence-corrected chi connectivity index (χ0v) is 23.5. The molecule has 0 bridgehead atoms. The van der Waals surface area contributed by atoms with Crippen LogP contribution in [0, 0.1) is 12.0 Å². The summed E-state index contributed by atoms with van der Waals surface area (Å²) in [6, 6.07) is 16.8. The van der Waals surface area contributed by atoms with E-state index < -0.39 is 0 Å². The summed E-state index contributed by atoms with van der Waals surface area (Å²) in [6.45, 7) is 13.3. The van der Waals surface area contributed by atoms with E-state index in [1.54, 1.807) is 29.5 Å². The van der Waals surface area contributed by atoms with Gasteiger partial charge in [0.2, 0.25) is 0 Å². The summed E-state index contributed by atoms with van der Waals surface area (Å²) in [4.78, 5) is 4.15. The zero-order valence-electron chi connectivity index (χ0n) is 18.6. The molecule has 1 atom stereocenters.